The highest BCUT2D eigenvalue weighted by Crippen LogP contribution is 2.08. The fraction of sp³-hybridized carbons (Fsp3) is 0.900. The summed E-state index contributed by atoms with van der Waals surface area (Å²) < 4.78 is 0. The summed E-state index contributed by atoms with van der Waals surface area (Å²) in [7, 11) is 0. The number of thioether (sulfide) groups is 1. The van der Waals surface area contributed by atoms with Crippen LogP contribution < -0.4 is 10.6 Å². The number of nitrogens with one attached hydrogen (secondary N) is 2. The summed E-state index contributed by atoms with van der Waals surface area (Å²) in [5.74, 6) is 1.97. The third kappa shape index (κ3) is 4.86. The van der Waals surface area contributed by atoms with Gasteiger partial charge in [0.15, 0.2) is 0 Å². The Hall–Kier alpha value is -0.260. The number of hydrogen-bond donors (Lipinski definition) is 3. The molecule has 3 unspecified atom stereocenters. The molecule has 0 aromatic heterocycles. The molecule has 1 amide bonds. The van der Waals surface area contributed by atoms with Gasteiger partial charge in [-0.05, 0) is 20.3 Å². The molecule has 1 aliphatic rings. The van der Waals surface area contributed by atoms with E-state index in [2.05, 4.69) is 10.6 Å². The summed E-state index contributed by atoms with van der Waals surface area (Å²) in [5.41, 5.74) is 0. The predicted molar refractivity (Wildman–Crippen MR) is 63.0 cm³/mol. The maximum atomic E-state index is 11.7. The summed E-state index contributed by atoms with van der Waals surface area (Å²) in [6, 6.07) is -0.0357. The van der Waals surface area contributed by atoms with Crippen LogP contribution in [-0.2, 0) is 4.79 Å². The van der Waals surface area contributed by atoms with Gasteiger partial charge in [-0.15, -0.1) is 0 Å². The van der Waals surface area contributed by atoms with Crippen molar-refractivity contribution in [3.05, 3.63) is 0 Å². The molecule has 0 aromatic carbocycles. The van der Waals surface area contributed by atoms with Gasteiger partial charge in [-0.1, -0.05) is 0 Å². The molecule has 15 heavy (non-hydrogen) atoms. The van der Waals surface area contributed by atoms with E-state index in [4.69, 9.17) is 0 Å². The molecule has 88 valence electrons. The molecule has 0 saturated carbocycles. The molecule has 4 nitrogen and oxygen atoms in total. The number of aliphatic hydroxyl groups is 1. The van der Waals surface area contributed by atoms with Gasteiger partial charge in [0, 0.05) is 24.1 Å². The number of carbonyl (C=O) groups is 1. The molecule has 3 N–H and O–H groups in total. The van der Waals surface area contributed by atoms with Crippen LogP contribution in [0.5, 0.6) is 0 Å². The van der Waals surface area contributed by atoms with Crippen molar-refractivity contribution in [1.82, 2.24) is 10.6 Å². The first-order chi connectivity index (χ1) is 7.09. The molecular weight excluding hydrogens is 212 g/mol. The minimum atomic E-state index is -0.367. The monoisotopic (exact) mass is 232 g/mol. The van der Waals surface area contributed by atoms with E-state index in [9.17, 15) is 9.90 Å². The van der Waals surface area contributed by atoms with Crippen molar-refractivity contribution in [2.75, 3.05) is 18.1 Å². The van der Waals surface area contributed by atoms with Gasteiger partial charge >= 0.3 is 0 Å². The lowest BCUT2D eigenvalue weighted by Crippen LogP contribution is -2.51. The molecule has 0 spiro atoms. The number of amides is 1. The van der Waals surface area contributed by atoms with Crippen molar-refractivity contribution < 1.29 is 9.90 Å². The fourth-order valence-electron chi connectivity index (χ4n) is 1.65. The van der Waals surface area contributed by atoms with Gasteiger partial charge in [0.2, 0.25) is 5.91 Å². The van der Waals surface area contributed by atoms with Crippen LogP contribution in [0.1, 0.15) is 20.3 Å². The lowest BCUT2D eigenvalue weighted by Gasteiger charge is -2.24. The minimum absolute atomic E-state index is 0.0335. The molecular formula is C10H20N2O2S. The van der Waals surface area contributed by atoms with Crippen LogP contribution in [0.25, 0.3) is 0 Å². The van der Waals surface area contributed by atoms with E-state index >= 15 is 0 Å². The van der Waals surface area contributed by atoms with Gasteiger partial charge < -0.3 is 15.7 Å². The van der Waals surface area contributed by atoms with Crippen LogP contribution in [-0.4, -0.2) is 47.3 Å². The highest BCUT2D eigenvalue weighted by Gasteiger charge is 2.22. The Balaban J connectivity index is 2.27. The van der Waals surface area contributed by atoms with Crippen LogP contribution in [0.15, 0.2) is 0 Å². The van der Waals surface area contributed by atoms with Crippen molar-refractivity contribution in [1.29, 1.82) is 0 Å². The van der Waals surface area contributed by atoms with Crippen molar-refractivity contribution in [3.63, 3.8) is 0 Å². The molecule has 0 aromatic rings. The summed E-state index contributed by atoms with van der Waals surface area (Å²) in [4.78, 5) is 11.7. The Morgan fingerprint density at radius 1 is 1.67 bits per heavy atom. The second-order valence-electron chi connectivity index (χ2n) is 4.08. The molecule has 1 aliphatic heterocycles. The van der Waals surface area contributed by atoms with E-state index in [1.54, 1.807) is 18.7 Å². The zero-order chi connectivity index (χ0) is 11.3. The molecule has 1 rings (SSSR count). The first-order valence-electron chi connectivity index (χ1n) is 5.39. The summed E-state index contributed by atoms with van der Waals surface area (Å²) >= 11 is 1.80. The number of hydrogen-bond acceptors (Lipinski definition) is 4. The van der Waals surface area contributed by atoms with Gasteiger partial charge in [0.05, 0.1) is 12.1 Å². The maximum absolute atomic E-state index is 11.7. The SMILES string of the molecule is CC(O)CC(C)NC(=O)C1CSCCN1. The third-order valence-corrected chi connectivity index (χ3v) is 3.38. The van der Waals surface area contributed by atoms with Crippen LogP contribution in [0.3, 0.4) is 0 Å². The van der Waals surface area contributed by atoms with Crippen LogP contribution >= 0.6 is 11.8 Å². The molecule has 0 aliphatic carbocycles. The number of rotatable bonds is 4. The van der Waals surface area contributed by atoms with E-state index in [0.717, 1.165) is 18.1 Å². The molecule has 5 heteroatoms. The highest BCUT2D eigenvalue weighted by molar-refractivity contribution is 7.99. The van der Waals surface area contributed by atoms with Crippen LogP contribution in [0.4, 0.5) is 0 Å². The van der Waals surface area contributed by atoms with E-state index in [1.165, 1.54) is 0 Å². The van der Waals surface area contributed by atoms with E-state index in [0.29, 0.717) is 6.42 Å². The molecule has 3 atom stereocenters. The zero-order valence-corrected chi connectivity index (χ0v) is 10.1. The lowest BCUT2D eigenvalue weighted by atomic mass is 10.1. The third-order valence-electron chi connectivity index (χ3n) is 2.32. The number of aliphatic hydroxyl groups excluding tert-OH is 1. The first kappa shape index (κ1) is 12.8. The fourth-order valence-corrected chi connectivity index (χ4v) is 2.58. The van der Waals surface area contributed by atoms with E-state index < -0.39 is 0 Å². The normalized spacial score (nSPS) is 25.7. The average Bonchev–Trinajstić information content (AvgIpc) is 2.17. The van der Waals surface area contributed by atoms with Crippen molar-refractivity contribution in [2.24, 2.45) is 0 Å². The quantitative estimate of drug-likeness (QED) is 0.637. The van der Waals surface area contributed by atoms with Crippen LogP contribution in [0, 0.1) is 0 Å². The van der Waals surface area contributed by atoms with Gasteiger partial charge in [-0.2, -0.15) is 11.8 Å². The van der Waals surface area contributed by atoms with Gasteiger partial charge in [-0.3, -0.25) is 4.79 Å². The molecule has 0 radical (unpaired) electrons. The van der Waals surface area contributed by atoms with Crippen molar-refractivity contribution in [3.8, 4) is 0 Å². The summed E-state index contributed by atoms with van der Waals surface area (Å²) in [6.45, 7) is 4.55. The first-order valence-corrected chi connectivity index (χ1v) is 6.54. The Labute approximate surface area is 95.2 Å². The summed E-state index contributed by atoms with van der Waals surface area (Å²) in [6.07, 6.45) is 0.236. The smallest absolute Gasteiger partial charge is 0.238 e. The largest absolute Gasteiger partial charge is 0.393 e. The van der Waals surface area contributed by atoms with Gasteiger partial charge in [0.1, 0.15) is 0 Å². The highest BCUT2D eigenvalue weighted by atomic mass is 32.2. The molecule has 0 bridgehead atoms. The lowest BCUT2D eigenvalue weighted by molar-refractivity contribution is -0.123. The Morgan fingerprint density at radius 3 is 2.93 bits per heavy atom. The molecule has 1 heterocycles. The van der Waals surface area contributed by atoms with E-state index in [-0.39, 0.29) is 24.1 Å². The van der Waals surface area contributed by atoms with Crippen molar-refractivity contribution in [2.45, 2.75) is 38.5 Å². The second kappa shape index (κ2) is 6.35. The van der Waals surface area contributed by atoms with Crippen molar-refractivity contribution >= 4 is 17.7 Å². The second-order valence-corrected chi connectivity index (χ2v) is 5.23. The maximum Gasteiger partial charge on any atom is 0.238 e. The standard InChI is InChI=1S/C10H20N2O2S/c1-7(5-8(2)13)12-10(14)9-6-15-4-3-11-9/h7-9,11,13H,3-6H2,1-2H3,(H,12,14). The van der Waals surface area contributed by atoms with Gasteiger partial charge in [0.25, 0.3) is 0 Å². The minimum Gasteiger partial charge on any atom is -0.393 e. The molecule has 1 fully saturated rings. The predicted octanol–water partition coefficient (Wildman–Crippen LogP) is -0.0330. The van der Waals surface area contributed by atoms with Crippen LogP contribution in [0.2, 0.25) is 0 Å². The average molecular weight is 232 g/mol. The Bertz CT molecular complexity index is 206. The van der Waals surface area contributed by atoms with Gasteiger partial charge in [-0.25, -0.2) is 0 Å². The Morgan fingerprint density at radius 2 is 2.40 bits per heavy atom. The summed E-state index contributed by atoms with van der Waals surface area (Å²) in [5, 5.41) is 15.3. The molecule has 1 saturated heterocycles. The van der Waals surface area contributed by atoms with E-state index in [1.807, 2.05) is 6.92 Å². The number of carbonyl (C=O) groups excluding carboxylic acids is 1. The zero-order valence-electron chi connectivity index (χ0n) is 9.32. The Kier molecular flexibility index (Phi) is 5.42. The topological polar surface area (TPSA) is 61.4 Å².